The molecule has 104 valence electrons. The molecule has 0 radical (unpaired) electrons. The van der Waals surface area contributed by atoms with Crippen LogP contribution in [-0.2, 0) is 0 Å². The van der Waals surface area contributed by atoms with E-state index in [4.69, 9.17) is 0 Å². The lowest BCUT2D eigenvalue weighted by molar-refractivity contribution is 0.960. The van der Waals surface area contributed by atoms with Gasteiger partial charge >= 0.3 is 0 Å². The average molecular weight is 362 g/mol. The van der Waals surface area contributed by atoms with Crippen LogP contribution in [-0.4, -0.2) is 35.0 Å². The molecular weight excluding hydrogens is 354 g/mol. The van der Waals surface area contributed by atoms with Gasteiger partial charge in [0, 0.05) is 23.7 Å². The number of pyridine rings is 1. The first-order chi connectivity index (χ1) is 10.2. The van der Waals surface area contributed by atoms with Crippen LogP contribution in [0.5, 0.6) is 0 Å². The Labute approximate surface area is 131 Å². The number of H-pyrrole nitrogens is 1. The van der Waals surface area contributed by atoms with Crippen molar-refractivity contribution in [3.05, 3.63) is 34.7 Å². The van der Waals surface area contributed by atoms with Crippen molar-refractivity contribution in [2.45, 2.75) is 6.92 Å². The first kappa shape index (κ1) is 12.6. The molecule has 21 heavy (non-hydrogen) atoms. The maximum absolute atomic E-state index is 4.56. The minimum Gasteiger partial charge on any atom is -0.281 e. The van der Waals surface area contributed by atoms with E-state index in [1.165, 1.54) is 11.3 Å². The number of aryl methyl sites for hydroxylation is 1. The molecule has 7 nitrogen and oxygen atoms in total. The Balaban J connectivity index is 1.89. The fraction of sp³-hybridized carbons (Fsp3) is 0.0833. The number of fused-ring (bicyclic) bond motifs is 1. The van der Waals surface area contributed by atoms with Crippen molar-refractivity contribution < 1.29 is 0 Å². The normalized spacial score (nSPS) is 11.3. The predicted molar refractivity (Wildman–Crippen MR) is 81.9 cm³/mol. The van der Waals surface area contributed by atoms with Crippen molar-refractivity contribution in [1.82, 2.24) is 35.0 Å². The number of hydrogen-bond donors (Lipinski definition) is 1. The van der Waals surface area contributed by atoms with Crippen LogP contribution in [0.25, 0.3) is 27.1 Å². The Kier molecular flexibility index (Phi) is 2.82. The Morgan fingerprint density at radius 2 is 2.24 bits per heavy atom. The lowest BCUT2D eigenvalue weighted by Gasteiger charge is -1.94. The fourth-order valence-electron chi connectivity index (χ4n) is 1.94. The second-order valence-electron chi connectivity index (χ2n) is 4.38. The SMILES string of the molecule is Cc1[nH]nc(-c2nn3c(-c4cccnc4)nnc3s2)c1Br. The van der Waals surface area contributed by atoms with Crippen LogP contribution in [0.1, 0.15) is 5.69 Å². The Hall–Kier alpha value is -2.13. The average Bonchev–Trinajstić information content (AvgIpc) is 3.15. The van der Waals surface area contributed by atoms with Crippen molar-refractivity contribution in [1.29, 1.82) is 0 Å². The summed E-state index contributed by atoms with van der Waals surface area (Å²) in [5.74, 6) is 0.670. The van der Waals surface area contributed by atoms with Crippen molar-refractivity contribution in [2.24, 2.45) is 0 Å². The molecule has 9 heteroatoms. The zero-order chi connectivity index (χ0) is 14.4. The highest BCUT2D eigenvalue weighted by atomic mass is 79.9. The van der Waals surface area contributed by atoms with E-state index >= 15 is 0 Å². The Bertz CT molecular complexity index is 924. The summed E-state index contributed by atoms with van der Waals surface area (Å²) in [6.45, 7) is 1.95. The molecule has 0 aliphatic rings. The van der Waals surface area contributed by atoms with Gasteiger partial charge in [-0.15, -0.1) is 10.2 Å². The minimum absolute atomic E-state index is 0.670. The number of aromatic nitrogens is 7. The number of nitrogens with one attached hydrogen (secondary N) is 1. The van der Waals surface area contributed by atoms with Crippen LogP contribution in [0.2, 0.25) is 0 Å². The topological polar surface area (TPSA) is 84.7 Å². The first-order valence-electron chi connectivity index (χ1n) is 6.07. The van der Waals surface area contributed by atoms with Gasteiger partial charge < -0.3 is 0 Å². The first-order valence-corrected chi connectivity index (χ1v) is 7.68. The highest BCUT2D eigenvalue weighted by Crippen LogP contribution is 2.32. The summed E-state index contributed by atoms with van der Waals surface area (Å²) in [7, 11) is 0. The van der Waals surface area contributed by atoms with E-state index in [2.05, 4.69) is 46.4 Å². The second kappa shape index (κ2) is 4.71. The molecule has 0 aromatic carbocycles. The van der Waals surface area contributed by atoms with Gasteiger partial charge in [0.2, 0.25) is 4.96 Å². The van der Waals surface area contributed by atoms with Crippen LogP contribution in [0.4, 0.5) is 0 Å². The molecule has 4 aromatic rings. The molecule has 0 amide bonds. The second-order valence-corrected chi connectivity index (χ2v) is 6.13. The van der Waals surface area contributed by atoms with Gasteiger partial charge in [0.25, 0.3) is 0 Å². The lowest BCUT2D eigenvalue weighted by Crippen LogP contribution is -1.91. The lowest BCUT2D eigenvalue weighted by atomic mass is 10.3. The van der Waals surface area contributed by atoms with Crippen molar-refractivity contribution in [3.63, 3.8) is 0 Å². The molecule has 4 heterocycles. The summed E-state index contributed by atoms with van der Waals surface area (Å²) in [5, 5.41) is 20.9. The largest absolute Gasteiger partial charge is 0.281 e. The van der Waals surface area contributed by atoms with Gasteiger partial charge in [-0.05, 0) is 35.0 Å². The molecule has 0 bridgehead atoms. The molecular formula is C12H8BrN7S. The molecule has 1 N–H and O–H groups in total. The van der Waals surface area contributed by atoms with E-state index in [1.54, 1.807) is 16.9 Å². The minimum atomic E-state index is 0.670. The van der Waals surface area contributed by atoms with Gasteiger partial charge in [0.05, 0.1) is 4.47 Å². The van der Waals surface area contributed by atoms with Crippen LogP contribution >= 0.6 is 27.3 Å². The van der Waals surface area contributed by atoms with Crippen LogP contribution in [0, 0.1) is 6.92 Å². The molecule has 4 rings (SSSR count). The molecule has 0 aliphatic heterocycles. The summed E-state index contributed by atoms with van der Waals surface area (Å²) in [5.41, 5.74) is 2.61. The molecule has 0 fully saturated rings. The number of rotatable bonds is 2. The summed E-state index contributed by atoms with van der Waals surface area (Å²) in [6.07, 6.45) is 3.46. The summed E-state index contributed by atoms with van der Waals surface area (Å²) in [4.78, 5) is 4.82. The standard InChI is InChI=1S/C12H8BrN7S/c1-6-8(13)9(16-15-6)11-19-20-10(17-18-12(20)21-11)7-3-2-4-14-5-7/h2-5H,1H3,(H,15,16). The molecule has 0 unspecified atom stereocenters. The van der Waals surface area contributed by atoms with E-state index in [0.717, 1.165) is 31.4 Å². The zero-order valence-electron chi connectivity index (χ0n) is 10.8. The van der Waals surface area contributed by atoms with E-state index in [-0.39, 0.29) is 0 Å². The van der Waals surface area contributed by atoms with E-state index in [9.17, 15) is 0 Å². The molecule has 4 aromatic heterocycles. The molecule has 0 saturated heterocycles. The number of aromatic amines is 1. The van der Waals surface area contributed by atoms with E-state index < -0.39 is 0 Å². The van der Waals surface area contributed by atoms with Gasteiger partial charge in [0.15, 0.2) is 10.8 Å². The van der Waals surface area contributed by atoms with Gasteiger partial charge in [0.1, 0.15) is 5.69 Å². The van der Waals surface area contributed by atoms with Crippen molar-refractivity contribution in [2.75, 3.05) is 0 Å². The van der Waals surface area contributed by atoms with E-state index in [1.807, 2.05) is 19.1 Å². The summed E-state index contributed by atoms with van der Waals surface area (Å²) < 4.78 is 2.63. The Morgan fingerprint density at radius 1 is 1.33 bits per heavy atom. The summed E-state index contributed by atoms with van der Waals surface area (Å²) >= 11 is 4.95. The highest BCUT2D eigenvalue weighted by Gasteiger charge is 2.18. The van der Waals surface area contributed by atoms with Crippen LogP contribution in [0.3, 0.4) is 0 Å². The smallest absolute Gasteiger partial charge is 0.235 e. The van der Waals surface area contributed by atoms with Gasteiger partial charge in [-0.1, -0.05) is 11.3 Å². The van der Waals surface area contributed by atoms with Crippen LogP contribution < -0.4 is 0 Å². The quantitative estimate of drug-likeness (QED) is 0.593. The maximum Gasteiger partial charge on any atom is 0.235 e. The van der Waals surface area contributed by atoms with Crippen molar-refractivity contribution >= 4 is 32.2 Å². The number of nitrogens with zero attached hydrogens (tertiary/aromatic N) is 6. The summed E-state index contributed by atoms with van der Waals surface area (Å²) in [6, 6.07) is 3.79. The van der Waals surface area contributed by atoms with Gasteiger partial charge in [-0.2, -0.15) is 14.7 Å². The number of hydrogen-bond acceptors (Lipinski definition) is 6. The van der Waals surface area contributed by atoms with Crippen molar-refractivity contribution in [3.8, 4) is 22.1 Å². The molecule has 0 atom stereocenters. The third kappa shape index (κ3) is 1.96. The predicted octanol–water partition coefficient (Wildman–Crippen LogP) is 2.71. The zero-order valence-corrected chi connectivity index (χ0v) is 13.2. The van der Waals surface area contributed by atoms with Gasteiger partial charge in [-0.25, -0.2) is 0 Å². The van der Waals surface area contributed by atoms with Gasteiger partial charge in [-0.3, -0.25) is 10.1 Å². The third-order valence-corrected chi connectivity index (χ3v) is 4.86. The van der Waals surface area contributed by atoms with E-state index in [0.29, 0.717) is 5.82 Å². The maximum atomic E-state index is 4.56. The Morgan fingerprint density at radius 3 is 2.95 bits per heavy atom. The molecule has 0 spiro atoms. The van der Waals surface area contributed by atoms with Crippen LogP contribution in [0.15, 0.2) is 29.0 Å². The fourth-order valence-corrected chi connectivity index (χ4v) is 3.28. The number of halogens is 1. The molecule has 0 aliphatic carbocycles. The monoisotopic (exact) mass is 361 g/mol. The third-order valence-electron chi connectivity index (χ3n) is 2.99. The molecule has 0 saturated carbocycles. The highest BCUT2D eigenvalue weighted by molar-refractivity contribution is 9.10.